The predicted molar refractivity (Wildman–Crippen MR) is 89.7 cm³/mol. The van der Waals surface area contributed by atoms with Gasteiger partial charge in [0.1, 0.15) is 13.2 Å². The Balaban J connectivity index is 1.77. The van der Waals surface area contributed by atoms with E-state index in [1.54, 1.807) is 6.92 Å². The summed E-state index contributed by atoms with van der Waals surface area (Å²) in [5.41, 5.74) is 1.89. The van der Waals surface area contributed by atoms with Crippen LogP contribution in [-0.2, 0) is 4.79 Å². The molecule has 23 heavy (non-hydrogen) atoms. The number of hydrogen-bond acceptors (Lipinski definition) is 4. The zero-order valence-corrected chi connectivity index (χ0v) is 13.6. The van der Waals surface area contributed by atoms with Crippen LogP contribution in [0.1, 0.15) is 25.3 Å². The lowest BCUT2D eigenvalue weighted by Crippen LogP contribution is -2.42. The van der Waals surface area contributed by atoms with E-state index in [2.05, 4.69) is 16.8 Å². The maximum atomic E-state index is 11.6. The number of hydrogen-bond donors (Lipinski definition) is 1. The number of fused-ring (bicyclic) bond motifs is 1. The highest BCUT2D eigenvalue weighted by Gasteiger charge is 2.22. The first kappa shape index (κ1) is 15.9. The van der Waals surface area contributed by atoms with Gasteiger partial charge in [-0.25, -0.2) is 0 Å². The van der Waals surface area contributed by atoms with E-state index in [0.717, 1.165) is 42.3 Å². The third kappa shape index (κ3) is 3.85. The van der Waals surface area contributed by atoms with Crippen molar-refractivity contribution >= 4 is 11.5 Å². The molecular formula is C18H24N2O3. The fourth-order valence-corrected chi connectivity index (χ4v) is 3.16. The minimum Gasteiger partial charge on any atom is -0.486 e. The number of carbonyl (C=O) groups is 1. The number of nitrogens with one attached hydrogen (secondary N) is 1. The van der Waals surface area contributed by atoms with Crippen molar-refractivity contribution in [3.8, 4) is 11.5 Å². The highest BCUT2D eigenvalue weighted by atomic mass is 16.6. The predicted octanol–water partition coefficient (Wildman–Crippen LogP) is 2.07. The molecule has 0 bridgehead atoms. The molecule has 3 rings (SSSR count). The first-order valence-corrected chi connectivity index (χ1v) is 8.22. The molecule has 0 spiro atoms. The molecule has 5 heteroatoms. The Morgan fingerprint density at radius 1 is 1.26 bits per heavy atom. The van der Waals surface area contributed by atoms with Crippen molar-refractivity contribution in [2.45, 2.75) is 25.8 Å². The summed E-state index contributed by atoms with van der Waals surface area (Å²) in [6.07, 6.45) is 2.45. The lowest BCUT2D eigenvalue weighted by atomic mass is 9.99. The number of amides is 1. The minimum atomic E-state index is -0.0897. The van der Waals surface area contributed by atoms with Crippen molar-refractivity contribution in [3.05, 3.63) is 30.3 Å². The van der Waals surface area contributed by atoms with Crippen LogP contribution in [0.5, 0.6) is 11.5 Å². The maximum Gasteiger partial charge on any atom is 0.217 e. The Labute approximate surface area is 137 Å². The second-order valence-electron chi connectivity index (χ2n) is 6.14. The van der Waals surface area contributed by atoms with E-state index in [1.807, 2.05) is 18.2 Å². The fraction of sp³-hybridized carbons (Fsp3) is 0.500. The number of ether oxygens (including phenoxy) is 2. The van der Waals surface area contributed by atoms with E-state index in [9.17, 15) is 4.79 Å². The number of rotatable bonds is 5. The van der Waals surface area contributed by atoms with Gasteiger partial charge < -0.3 is 19.7 Å². The van der Waals surface area contributed by atoms with E-state index in [0.29, 0.717) is 13.2 Å². The quantitative estimate of drug-likeness (QED) is 0.903. The van der Waals surface area contributed by atoms with Gasteiger partial charge in [-0.2, -0.15) is 0 Å². The molecule has 1 amide bonds. The van der Waals surface area contributed by atoms with Gasteiger partial charge in [0.2, 0.25) is 5.91 Å². The summed E-state index contributed by atoms with van der Waals surface area (Å²) in [7, 11) is 0. The van der Waals surface area contributed by atoms with Crippen molar-refractivity contribution in [2.75, 3.05) is 32.8 Å². The monoisotopic (exact) mass is 316 g/mol. The Bertz CT molecular complexity index is 594. The van der Waals surface area contributed by atoms with Gasteiger partial charge in [-0.3, -0.25) is 4.79 Å². The van der Waals surface area contributed by atoms with Crippen LogP contribution >= 0.6 is 0 Å². The maximum absolute atomic E-state index is 11.6. The number of benzene rings is 1. The molecule has 1 saturated heterocycles. The lowest BCUT2D eigenvalue weighted by molar-refractivity contribution is -0.119. The van der Waals surface area contributed by atoms with Crippen LogP contribution in [0, 0.1) is 0 Å². The molecule has 1 atom stereocenters. The van der Waals surface area contributed by atoms with Gasteiger partial charge >= 0.3 is 0 Å². The summed E-state index contributed by atoms with van der Waals surface area (Å²) in [6.45, 7) is 9.90. The topological polar surface area (TPSA) is 50.8 Å². The van der Waals surface area contributed by atoms with Gasteiger partial charge in [-0.05, 0) is 49.2 Å². The Hall–Kier alpha value is -2.01. The second kappa shape index (κ2) is 7.04. The smallest absolute Gasteiger partial charge is 0.217 e. The summed E-state index contributed by atoms with van der Waals surface area (Å²) in [6, 6.07) is 5.76. The molecule has 0 aromatic heterocycles. The highest BCUT2D eigenvalue weighted by Crippen LogP contribution is 2.33. The highest BCUT2D eigenvalue weighted by molar-refractivity contribution is 5.78. The first-order valence-electron chi connectivity index (χ1n) is 8.22. The molecule has 1 fully saturated rings. The molecule has 0 radical (unpaired) electrons. The summed E-state index contributed by atoms with van der Waals surface area (Å²) in [4.78, 5) is 14.0. The van der Waals surface area contributed by atoms with E-state index < -0.39 is 0 Å². The summed E-state index contributed by atoms with van der Waals surface area (Å²) in [5.74, 6) is 1.48. The minimum absolute atomic E-state index is 0.0344. The zero-order chi connectivity index (χ0) is 16.2. The fourth-order valence-electron chi connectivity index (χ4n) is 3.16. The lowest BCUT2D eigenvalue weighted by Gasteiger charge is -2.27. The van der Waals surface area contributed by atoms with Crippen molar-refractivity contribution in [2.24, 2.45) is 0 Å². The standard InChI is InChI=1S/C18H24N2O3/c1-13(15-5-6-17-18(11-15)23-10-9-22-17)16(19-14(2)21)12-20-7-3-4-8-20/h5-6,11,16H,1,3-4,7-10,12H2,2H3,(H,19,21)/t16-/m1/s1. The van der Waals surface area contributed by atoms with E-state index >= 15 is 0 Å². The average molecular weight is 316 g/mol. The Kier molecular flexibility index (Phi) is 4.86. The number of nitrogens with zero attached hydrogens (tertiary/aromatic N) is 1. The van der Waals surface area contributed by atoms with E-state index in [-0.39, 0.29) is 11.9 Å². The number of likely N-dealkylation sites (tertiary alicyclic amines) is 1. The molecule has 1 aromatic carbocycles. The molecule has 124 valence electrons. The van der Waals surface area contributed by atoms with E-state index in [1.165, 1.54) is 12.8 Å². The molecule has 0 unspecified atom stereocenters. The van der Waals surface area contributed by atoms with Gasteiger partial charge in [-0.1, -0.05) is 12.6 Å². The van der Waals surface area contributed by atoms with Crippen LogP contribution in [0.2, 0.25) is 0 Å². The van der Waals surface area contributed by atoms with Crippen molar-refractivity contribution in [1.29, 1.82) is 0 Å². The van der Waals surface area contributed by atoms with Crippen LogP contribution < -0.4 is 14.8 Å². The molecule has 2 heterocycles. The molecule has 5 nitrogen and oxygen atoms in total. The van der Waals surface area contributed by atoms with Gasteiger partial charge in [0.25, 0.3) is 0 Å². The Morgan fingerprint density at radius 3 is 2.65 bits per heavy atom. The first-order chi connectivity index (χ1) is 11.1. The van der Waals surface area contributed by atoms with Crippen LogP contribution in [0.25, 0.3) is 5.57 Å². The molecule has 2 aliphatic heterocycles. The van der Waals surface area contributed by atoms with Crippen LogP contribution in [0.4, 0.5) is 0 Å². The summed E-state index contributed by atoms with van der Waals surface area (Å²) in [5, 5.41) is 3.03. The summed E-state index contributed by atoms with van der Waals surface area (Å²) >= 11 is 0. The molecule has 2 aliphatic rings. The summed E-state index contributed by atoms with van der Waals surface area (Å²) < 4.78 is 11.2. The van der Waals surface area contributed by atoms with Crippen molar-refractivity contribution in [1.82, 2.24) is 10.2 Å². The van der Waals surface area contributed by atoms with Crippen LogP contribution in [0.15, 0.2) is 24.8 Å². The van der Waals surface area contributed by atoms with Crippen LogP contribution in [0.3, 0.4) is 0 Å². The van der Waals surface area contributed by atoms with Gasteiger partial charge in [-0.15, -0.1) is 0 Å². The third-order valence-electron chi connectivity index (χ3n) is 4.35. The molecular weight excluding hydrogens is 292 g/mol. The molecule has 0 saturated carbocycles. The molecule has 1 N–H and O–H groups in total. The van der Waals surface area contributed by atoms with Crippen molar-refractivity contribution in [3.63, 3.8) is 0 Å². The van der Waals surface area contributed by atoms with Crippen molar-refractivity contribution < 1.29 is 14.3 Å². The normalized spacial score (nSPS) is 18.5. The van der Waals surface area contributed by atoms with E-state index in [4.69, 9.17) is 9.47 Å². The van der Waals surface area contributed by atoms with Gasteiger partial charge in [0.15, 0.2) is 11.5 Å². The third-order valence-corrected chi connectivity index (χ3v) is 4.35. The zero-order valence-electron chi connectivity index (χ0n) is 13.6. The molecule has 0 aliphatic carbocycles. The second-order valence-corrected chi connectivity index (χ2v) is 6.14. The van der Waals surface area contributed by atoms with Gasteiger partial charge in [0, 0.05) is 13.5 Å². The Morgan fingerprint density at radius 2 is 1.96 bits per heavy atom. The SMILES string of the molecule is C=C(c1ccc2c(c1)OCCO2)[C@@H](CN1CCCC1)NC(C)=O. The number of carbonyl (C=O) groups excluding carboxylic acids is 1. The van der Waals surface area contributed by atoms with Crippen LogP contribution in [-0.4, -0.2) is 49.7 Å². The van der Waals surface area contributed by atoms with Gasteiger partial charge in [0.05, 0.1) is 6.04 Å². The largest absolute Gasteiger partial charge is 0.486 e. The molecule has 1 aromatic rings. The average Bonchev–Trinajstić information content (AvgIpc) is 3.06.